The minimum atomic E-state index is -0.608. The van der Waals surface area contributed by atoms with Crippen molar-refractivity contribution in [1.29, 1.82) is 0 Å². The molecule has 0 saturated heterocycles. The molecule has 0 spiro atoms. The quantitative estimate of drug-likeness (QED) is 0.419. The molecule has 0 unspecified atom stereocenters. The summed E-state index contributed by atoms with van der Waals surface area (Å²) in [6.07, 6.45) is 0. The maximum absolute atomic E-state index is 11.3. The van der Waals surface area contributed by atoms with Crippen LogP contribution in [-0.4, -0.2) is 35.1 Å². The minimum Gasteiger partial charge on any atom is -0.493 e. The van der Waals surface area contributed by atoms with Crippen molar-refractivity contribution in [2.24, 2.45) is 0 Å². The number of thioether (sulfide) groups is 1. The van der Waals surface area contributed by atoms with Crippen LogP contribution in [0.15, 0.2) is 38.4 Å². The van der Waals surface area contributed by atoms with Crippen molar-refractivity contribution in [2.75, 3.05) is 19.0 Å². The van der Waals surface area contributed by atoms with Gasteiger partial charge in [0.2, 0.25) is 0 Å². The third kappa shape index (κ3) is 5.05. The predicted octanol–water partition coefficient (Wildman–Crippen LogP) is 3.18. The first-order valence-electron chi connectivity index (χ1n) is 6.21. The maximum atomic E-state index is 11.3. The number of carbonyl (C=O) groups is 1. The molecular formula is C13H13BrN2O4S. The molecule has 1 aromatic carbocycles. The van der Waals surface area contributed by atoms with Gasteiger partial charge in [-0.05, 0) is 31.2 Å². The number of halogens is 1. The van der Waals surface area contributed by atoms with E-state index in [4.69, 9.17) is 13.9 Å². The second-order valence-electron chi connectivity index (χ2n) is 3.74. The van der Waals surface area contributed by atoms with E-state index in [1.54, 1.807) is 6.92 Å². The normalized spacial score (nSPS) is 10.4. The summed E-state index contributed by atoms with van der Waals surface area (Å²) in [5.74, 6) is 0.674. The number of aromatic nitrogens is 2. The summed E-state index contributed by atoms with van der Waals surface area (Å²) in [7, 11) is 0. The Kier molecular flexibility index (Phi) is 6.06. The van der Waals surface area contributed by atoms with E-state index in [9.17, 15) is 4.79 Å². The van der Waals surface area contributed by atoms with E-state index in [0.29, 0.717) is 17.6 Å². The average Bonchev–Trinajstić information content (AvgIpc) is 2.95. The molecule has 2 rings (SSSR count). The zero-order valence-electron chi connectivity index (χ0n) is 11.2. The van der Waals surface area contributed by atoms with E-state index in [0.717, 1.165) is 10.2 Å². The van der Waals surface area contributed by atoms with Crippen LogP contribution in [0.2, 0.25) is 0 Å². The molecule has 0 amide bonds. The standard InChI is InChI=1S/C13H13BrN2O4S/c1-2-18-12(17)11-15-16-13(20-11)21-8-7-19-10-5-3-9(14)4-6-10/h3-6H,2,7-8H2,1H3. The zero-order chi connectivity index (χ0) is 15.1. The Morgan fingerprint density at radius 3 is 2.81 bits per heavy atom. The van der Waals surface area contributed by atoms with Gasteiger partial charge in [-0.1, -0.05) is 32.8 Å². The number of rotatable bonds is 7. The fraction of sp³-hybridized carbons (Fsp3) is 0.308. The molecule has 0 aliphatic rings. The molecule has 2 aromatic rings. The number of ether oxygens (including phenoxy) is 2. The van der Waals surface area contributed by atoms with Gasteiger partial charge in [-0.15, -0.1) is 5.10 Å². The lowest BCUT2D eigenvalue weighted by Crippen LogP contribution is -2.04. The average molecular weight is 373 g/mol. The third-order valence-electron chi connectivity index (χ3n) is 2.25. The molecule has 0 radical (unpaired) electrons. The number of esters is 1. The second kappa shape index (κ2) is 8.04. The molecule has 0 fully saturated rings. The van der Waals surface area contributed by atoms with Gasteiger partial charge in [-0.2, -0.15) is 0 Å². The highest BCUT2D eigenvalue weighted by molar-refractivity contribution is 9.10. The largest absolute Gasteiger partial charge is 0.493 e. The molecule has 8 heteroatoms. The smallest absolute Gasteiger partial charge is 0.396 e. The molecule has 0 saturated carbocycles. The topological polar surface area (TPSA) is 74.5 Å². The highest BCUT2D eigenvalue weighted by Crippen LogP contribution is 2.18. The van der Waals surface area contributed by atoms with Gasteiger partial charge in [0.1, 0.15) is 5.75 Å². The van der Waals surface area contributed by atoms with Crippen LogP contribution in [0, 0.1) is 0 Å². The molecule has 6 nitrogen and oxygen atoms in total. The summed E-state index contributed by atoms with van der Waals surface area (Å²) in [5.41, 5.74) is 0. The highest BCUT2D eigenvalue weighted by atomic mass is 79.9. The van der Waals surface area contributed by atoms with Crippen LogP contribution in [0.25, 0.3) is 0 Å². The van der Waals surface area contributed by atoms with Crippen molar-refractivity contribution in [3.63, 3.8) is 0 Å². The van der Waals surface area contributed by atoms with Gasteiger partial charge in [0.25, 0.3) is 5.22 Å². The molecule has 0 aliphatic carbocycles. The highest BCUT2D eigenvalue weighted by Gasteiger charge is 2.15. The summed E-state index contributed by atoms with van der Waals surface area (Å²) < 4.78 is 16.5. The van der Waals surface area contributed by atoms with Gasteiger partial charge in [0, 0.05) is 10.2 Å². The van der Waals surface area contributed by atoms with Crippen LogP contribution in [0.4, 0.5) is 0 Å². The molecule has 1 aromatic heterocycles. The summed E-state index contributed by atoms with van der Waals surface area (Å²) >= 11 is 4.67. The first-order chi connectivity index (χ1) is 10.2. The Balaban J connectivity index is 1.73. The van der Waals surface area contributed by atoms with Crippen molar-refractivity contribution < 1.29 is 18.7 Å². The second-order valence-corrected chi connectivity index (χ2v) is 5.71. The van der Waals surface area contributed by atoms with E-state index in [1.807, 2.05) is 24.3 Å². The van der Waals surface area contributed by atoms with Crippen LogP contribution in [-0.2, 0) is 4.74 Å². The van der Waals surface area contributed by atoms with Crippen LogP contribution in [0.3, 0.4) is 0 Å². The van der Waals surface area contributed by atoms with Crippen molar-refractivity contribution in [2.45, 2.75) is 12.1 Å². The Hall–Kier alpha value is -1.54. The summed E-state index contributed by atoms with van der Waals surface area (Å²) in [4.78, 5) is 11.3. The minimum absolute atomic E-state index is 0.131. The van der Waals surface area contributed by atoms with E-state index in [1.165, 1.54) is 11.8 Å². The number of nitrogens with zero attached hydrogens (tertiary/aromatic N) is 2. The molecule has 21 heavy (non-hydrogen) atoms. The van der Waals surface area contributed by atoms with Crippen molar-refractivity contribution in [1.82, 2.24) is 10.2 Å². The van der Waals surface area contributed by atoms with Crippen LogP contribution in [0.5, 0.6) is 5.75 Å². The van der Waals surface area contributed by atoms with Crippen molar-refractivity contribution >= 4 is 33.7 Å². The lowest BCUT2D eigenvalue weighted by molar-refractivity contribution is 0.0475. The maximum Gasteiger partial charge on any atom is 0.396 e. The van der Waals surface area contributed by atoms with Gasteiger partial charge in [0.15, 0.2) is 0 Å². The van der Waals surface area contributed by atoms with Gasteiger partial charge in [-0.3, -0.25) is 0 Å². The Morgan fingerprint density at radius 1 is 1.33 bits per heavy atom. The van der Waals surface area contributed by atoms with E-state index in [2.05, 4.69) is 26.1 Å². The third-order valence-corrected chi connectivity index (χ3v) is 3.56. The molecule has 0 aliphatic heterocycles. The van der Waals surface area contributed by atoms with Crippen molar-refractivity contribution in [3.8, 4) is 5.75 Å². The van der Waals surface area contributed by atoms with E-state index < -0.39 is 5.97 Å². The number of benzene rings is 1. The molecule has 1 heterocycles. The van der Waals surface area contributed by atoms with Crippen LogP contribution < -0.4 is 4.74 Å². The van der Waals surface area contributed by atoms with Gasteiger partial charge >= 0.3 is 11.9 Å². The fourth-order valence-corrected chi connectivity index (χ4v) is 2.20. The first-order valence-corrected chi connectivity index (χ1v) is 7.98. The summed E-state index contributed by atoms with van der Waals surface area (Å²) in [5, 5.41) is 7.70. The Morgan fingerprint density at radius 2 is 2.10 bits per heavy atom. The monoisotopic (exact) mass is 372 g/mol. The predicted molar refractivity (Wildman–Crippen MR) is 80.6 cm³/mol. The molecule has 0 atom stereocenters. The van der Waals surface area contributed by atoms with E-state index in [-0.39, 0.29) is 12.5 Å². The van der Waals surface area contributed by atoms with Gasteiger partial charge < -0.3 is 13.9 Å². The van der Waals surface area contributed by atoms with Crippen molar-refractivity contribution in [3.05, 3.63) is 34.6 Å². The van der Waals surface area contributed by atoms with Gasteiger partial charge in [-0.25, -0.2) is 4.79 Å². The fourth-order valence-electron chi connectivity index (χ4n) is 1.36. The SMILES string of the molecule is CCOC(=O)c1nnc(SCCOc2ccc(Br)cc2)o1. The number of carbonyl (C=O) groups excluding carboxylic acids is 1. The van der Waals surface area contributed by atoms with E-state index >= 15 is 0 Å². The Bertz CT molecular complexity index is 588. The lowest BCUT2D eigenvalue weighted by atomic mass is 10.3. The molecule has 112 valence electrons. The first kappa shape index (κ1) is 15.8. The van der Waals surface area contributed by atoms with Crippen LogP contribution in [0.1, 0.15) is 17.6 Å². The zero-order valence-corrected chi connectivity index (χ0v) is 13.6. The molecule has 0 N–H and O–H groups in total. The Labute approximate surface area is 134 Å². The lowest BCUT2D eigenvalue weighted by Gasteiger charge is -2.04. The summed E-state index contributed by atoms with van der Waals surface area (Å²) in [6.45, 7) is 2.47. The molecule has 0 bridgehead atoms. The molecular weight excluding hydrogens is 360 g/mol. The summed E-state index contributed by atoms with van der Waals surface area (Å²) in [6, 6.07) is 7.57. The van der Waals surface area contributed by atoms with Crippen LogP contribution >= 0.6 is 27.7 Å². The number of hydrogen-bond acceptors (Lipinski definition) is 7. The number of hydrogen-bond donors (Lipinski definition) is 0. The van der Waals surface area contributed by atoms with Gasteiger partial charge in [0.05, 0.1) is 13.2 Å².